The van der Waals surface area contributed by atoms with Gasteiger partial charge in [0, 0.05) is 5.02 Å². The predicted octanol–water partition coefficient (Wildman–Crippen LogP) is 2.86. The van der Waals surface area contributed by atoms with Crippen molar-refractivity contribution in [2.24, 2.45) is 0 Å². The number of hydrogen-bond donors (Lipinski definition) is 0. The Morgan fingerprint density at radius 1 is 1.08 bits per heavy atom. The molecular formula is C11H17ClMg. The van der Waals surface area contributed by atoms with Gasteiger partial charge in [-0.05, 0) is 30.9 Å². The van der Waals surface area contributed by atoms with Crippen molar-refractivity contribution in [2.45, 2.75) is 33.6 Å². The van der Waals surface area contributed by atoms with Crippen LogP contribution in [0, 0.1) is 6.92 Å². The van der Waals surface area contributed by atoms with Crippen LogP contribution in [0.5, 0.6) is 0 Å². The summed E-state index contributed by atoms with van der Waals surface area (Å²) in [7, 11) is 0. The Labute approximate surface area is 102 Å². The third-order valence-corrected chi connectivity index (χ3v) is 2.61. The fourth-order valence-electron chi connectivity index (χ4n) is 1.44. The van der Waals surface area contributed by atoms with Gasteiger partial charge in [-0.25, -0.2) is 0 Å². The van der Waals surface area contributed by atoms with E-state index in [0.29, 0.717) is 0 Å². The molecule has 1 aromatic rings. The highest BCUT2D eigenvalue weighted by molar-refractivity contribution is 6.32. The maximum absolute atomic E-state index is 6.18. The predicted molar refractivity (Wildman–Crippen MR) is 63.5 cm³/mol. The molecule has 1 aromatic carbocycles. The minimum absolute atomic E-state index is 0. The smallest absolute Gasteiger partial charge is 0.0837 e. The summed E-state index contributed by atoms with van der Waals surface area (Å²) in [5, 5.41) is 0.964. The normalized spacial score (nSPS) is 9.54. The van der Waals surface area contributed by atoms with Gasteiger partial charge in [0.15, 0.2) is 0 Å². The Balaban J connectivity index is 0.00000144. The summed E-state index contributed by atoms with van der Waals surface area (Å²) in [5.74, 6) is 0. The maximum Gasteiger partial charge on any atom is 0.316 e. The minimum atomic E-state index is 0. The molecule has 0 aliphatic carbocycles. The van der Waals surface area contributed by atoms with Crippen molar-refractivity contribution in [1.82, 2.24) is 0 Å². The lowest BCUT2D eigenvalue weighted by Gasteiger charge is -2.07. The van der Waals surface area contributed by atoms with Gasteiger partial charge < -0.3 is 0 Å². The van der Waals surface area contributed by atoms with E-state index >= 15 is 0 Å². The Hall–Kier alpha value is 0.276. The molecule has 0 saturated heterocycles. The van der Waals surface area contributed by atoms with Crippen LogP contribution in [0.2, 0.25) is 5.02 Å². The van der Waals surface area contributed by atoms with Crippen molar-refractivity contribution in [3.05, 3.63) is 33.8 Å². The zero-order valence-corrected chi connectivity index (χ0v) is 8.70. The van der Waals surface area contributed by atoms with E-state index < -0.39 is 0 Å². The van der Waals surface area contributed by atoms with E-state index in [4.69, 9.17) is 11.6 Å². The third-order valence-electron chi connectivity index (χ3n) is 2.13. The second kappa shape index (κ2) is 5.89. The zero-order chi connectivity index (χ0) is 9.14. The van der Waals surface area contributed by atoms with Crippen LogP contribution in [0.25, 0.3) is 0 Å². The first kappa shape index (κ1) is 13.3. The van der Waals surface area contributed by atoms with E-state index in [1.54, 1.807) is 0 Å². The van der Waals surface area contributed by atoms with Gasteiger partial charge in [0.1, 0.15) is 0 Å². The summed E-state index contributed by atoms with van der Waals surface area (Å²) in [5.41, 5.74) is 3.86. The molecule has 0 radical (unpaired) electrons. The standard InChI is InChI=1S/C11H15Cl.Mg.2H/c1-4-9-6-8(3)7-10(5-2)11(9)12;;;/h6-7H,4-5H2,1-3H3;;;. The van der Waals surface area contributed by atoms with E-state index in [0.717, 1.165) is 17.9 Å². The second-order valence-electron chi connectivity index (χ2n) is 3.10. The van der Waals surface area contributed by atoms with E-state index in [-0.39, 0.29) is 23.1 Å². The summed E-state index contributed by atoms with van der Waals surface area (Å²) >= 11 is 6.18. The summed E-state index contributed by atoms with van der Waals surface area (Å²) in [6.45, 7) is 6.40. The molecule has 70 valence electrons. The minimum Gasteiger partial charge on any atom is -0.0837 e. The number of benzene rings is 1. The Kier molecular flexibility index (Phi) is 6.02. The van der Waals surface area contributed by atoms with Crippen LogP contribution in [-0.4, -0.2) is 23.1 Å². The molecule has 0 aromatic heterocycles. The number of rotatable bonds is 2. The molecule has 0 unspecified atom stereocenters. The molecule has 0 heterocycles. The van der Waals surface area contributed by atoms with Crippen molar-refractivity contribution < 1.29 is 0 Å². The van der Waals surface area contributed by atoms with Crippen LogP contribution in [0.3, 0.4) is 0 Å². The Morgan fingerprint density at radius 3 is 1.77 bits per heavy atom. The van der Waals surface area contributed by atoms with Crippen LogP contribution in [0.15, 0.2) is 12.1 Å². The van der Waals surface area contributed by atoms with Crippen molar-refractivity contribution in [2.75, 3.05) is 0 Å². The molecule has 0 aliphatic heterocycles. The first-order chi connectivity index (χ1) is 5.69. The molecule has 0 fully saturated rings. The van der Waals surface area contributed by atoms with Gasteiger partial charge in [0.25, 0.3) is 0 Å². The van der Waals surface area contributed by atoms with Gasteiger partial charge in [0.05, 0.1) is 0 Å². The summed E-state index contributed by atoms with van der Waals surface area (Å²) < 4.78 is 0. The average Bonchev–Trinajstić information content (AvgIpc) is 2.08. The van der Waals surface area contributed by atoms with Gasteiger partial charge in [-0.1, -0.05) is 43.1 Å². The van der Waals surface area contributed by atoms with Gasteiger partial charge in [0.2, 0.25) is 0 Å². The molecule has 2 heteroatoms. The van der Waals surface area contributed by atoms with Crippen LogP contribution in [0.1, 0.15) is 30.5 Å². The largest absolute Gasteiger partial charge is 0.316 e. The molecule has 0 amide bonds. The summed E-state index contributed by atoms with van der Waals surface area (Å²) in [4.78, 5) is 0. The van der Waals surface area contributed by atoms with Gasteiger partial charge in [-0.15, -0.1) is 0 Å². The fraction of sp³-hybridized carbons (Fsp3) is 0.455. The average molecular weight is 209 g/mol. The molecule has 0 atom stereocenters. The first-order valence-electron chi connectivity index (χ1n) is 4.47. The topological polar surface area (TPSA) is 0 Å². The fourth-order valence-corrected chi connectivity index (χ4v) is 1.82. The van der Waals surface area contributed by atoms with Crippen LogP contribution in [-0.2, 0) is 12.8 Å². The lowest BCUT2D eigenvalue weighted by molar-refractivity contribution is 1.08. The highest BCUT2D eigenvalue weighted by atomic mass is 35.5. The van der Waals surface area contributed by atoms with E-state index in [1.807, 2.05) is 0 Å². The molecule has 0 bridgehead atoms. The third kappa shape index (κ3) is 3.15. The lowest BCUT2D eigenvalue weighted by atomic mass is 10.0. The number of aryl methyl sites for hydroxylation is 3. The molecule has 1 rings (SSSR count). The quantitative estimate of drug-likeness (QED) is 0.657. The molecule has 0 saturated carbocycles. The number of halogens is 1. The highest BCUT2D eigenvalue weighted by Crippen LogP contribution is 2.23. The van der Waals surface area contributed by atoms with Crippen molar-refractivity contribution in [3.8, 4) is 0 Å². The van der Waals surface area contributed by atoms with Crippen molar-refractivity contribution in [3.63, 3.8) is 0 Å². The maximum atomic E-state index is 6.18. The van der Waals surface area contributed by atoms with Gasteiger partial charge in [-0.2, -0.15) is 0 Å². The Morgan fingerprint density at radius 2 is 1.46 bits per heavy atom. The van der Waals surface area contributed by atoms with Crippen LogP contribution < -0.4 is 0 Å². The monoisotopic (exact) mass is 208 g/mol. The van der Waals surface area contributed by atoms with Crippen LogP contribution in [0.4, 0.5) is 0 Å². The molecule has 0 aliphatic rings. The molecule has 0 N–H and O–H groups in total. The lowest BCUT2D eigenvalue weighted by Crippen LogP contribution is -1.91. The van der Waals surface area contributed by atoms with Crippen molar-refractivity contribution in [1.29, 1.82) is 0 Å². The van der Waals surface area contributed by atoms with E-state index in [2.05, 4.69) is 32.9 Å². The van der Waals surface area contributed by atoms with Gasteiger partial charge in [-0.3, -0.25) is 0 Å². The van der Waals surface area contributed by atoms with E-state index in [1.165, 1.54) is 16.7 Å². The molecular weight excluding hydrogens is 192 g/mol. The molecule has 13 heavy (non-hydrogen) atoms. The Bertz CT molecular complexity index is 256. The molecule has 0 spiro atoms. The molecule has 0 nitrogen and oxygen atoms in total. The highest BCUT2D eigenvalue weighted by Gasteiger charge is 2.03. The summed E-state index contributed by atoms with van der Waals surface area (Å²) in [6, 6.07) is 4.34. The first-order valence-corrected chi connectivity index (χ1v) is 4.84. The van der Waals surface area contributed by atoms with Crippen molar-refractivity contribution >= 4 is 34.7 Å². The SMILES string of the molecule is CCc1cc(C)cc(CC)c1Cl.[MgH2]. The van der Waals surface area contributed by atoms with Gasteiger partial charge >= 0.3 is 23.1 Å². The summed E-state index contributed by atoms with van der Waals surface area (Å²) in [6.07, 6.45) is 2.04. The van der Waals surface area contributed by atoms with Crippen LogP contribution >= 0.6 is 11.6 Å². The number of hydrogen-bond acceptors (Lipinski definition) is 0. The zero-order valence-electron chi connectivity index (χ0n) is 7.95. The van der Waals surface area contributed by atoms with E-state index in [9.17, 15) is 0 Å². The second-order valence-corrected chi connectivity index (χ2v) is 3.48.